The van der Waals surface area contributed by atoms with Crippen LogP contribution in [0.2, 0.25) is 0 Å². The molecule has 0 spiro atoms. The SMILES string of the molecule is CN=C(NCC(=O)NCCOC)NCC(c1cccs1)N1CCOCC1. The molecule has 1 saturated heterocycles. The molecule has 8 nitrogen and oxygen atoms in total. The fourth-order valence-electron chi connectivity index (χ4n) is 2.71. The zero-order valence-electron chi connectivity index (χ0n) is 15.5. The molecule has 1 fully saturated rings. The van der Waals surface area contributed by atoms with Gasteiger partial charge < -0.3 is 25.4 Å². The molecule has 1 aromatic rings. The van der Waals surface area contributed by atoms with E-state index < -0.39 is 0 Å². The van der Waals surface area contributed by atoms with Gasteiger partial charge in [-0.05, 0) is 11.4 Å². The standard InChI is InChI=1S/C17H29N5O3S/c1-18-17(21-13-16(23)19-5-8-24-2)20-12-14(15-4-3-11-26-15)22-6-9-25-10-7-22/h3-4,11,14H,5-10,12-13H2,1-2H3,(H,19,23)(H2,18,20,21). The lowest BCUT2D eigenvalue weighted by atomic mass is 10.2. The highest BCUT2D eigenvalue weighted by atomic mass is 32.1. The lowest BCUT2D eigenvalue weighted by Gasteiger charge is -2.34. The molecule has 1 amide bonds. The number of guanidine groups is 1. The van der Waals surface area contributed by atoms with E-state index in [4.69, 9.17) is 9.47 Å². The third-order valence-corrected chi connectivity index (χ3v) is 5.06. The van der Waals surface area contributed by atoms with E-state index in [9.17, 15) is 4.79 Å². The van der Waals surface area contributed by atoms with E-state index >= 15 is 0 Å². The molecule has 1 aromatic heterocycles. The molecule has 0 aromatic carbocycles. The Bertz CT molecular complexity index is 547. The Morgan fingerprint density at radius 2 is 2.19 bits per heavy atom. The molecule has 1 aliphatic heterocycles. The zero-order chi connectivity index (χ0) is 18.6. The van der Waals surface area contributed by atoms with E-state index in [2.05, 4.69) is 43.4 Å². The van der Waals surface area contributed by atoms with Crippen molar-refractivity contribution in [3.63, 3.8) is 0 Å². The van der Waals surface area contributed by atoms with Gasteiger partial charge in [0.1, 0.15) is 0 Å². The van der Waals surface area contributed by atoms with Gasteiger partial charge in [-0.15, -0.1) is 11.3 Å². The molecule has 1 atom stereocenters. The van der Waals surface area contributed by atoms with Crippen LogP contribution >= 0.6 is 11.3 Å². The Balaban J connectivity index is 1.82. The summed E-state index contributed by atoms with van der Waals surface area (Å²) in [6, 6.07) is 4.49. The van der Waals surface area contributed by atoms with Crippen LogP contribution in [0.25, 0.3) is 0 Å². The lowest BCUT2D eigenvalue weighted by Crippen LogP contribution is -2.48. The second kappa shape index (κ2) is 11.8. The van der Waals surface area contributed by atoms with Crippen molar-refractivity contribution in [1.29, 1.82) is 0 Å². The smallest absolute Gasteiger partial charge is 0.239 e. The van der Waals surface area contributed by atoms with Crippen molar-refractivity contribution in [2.45, 2.75) is 6.04 Å². The first-order chi connectivity index (χ1) is 12.7. The van der Waals surface area contributed by atoms with Crippen LogP contribution in [0.3, 0.4) is 0 Å². The molecule has 146 valence electrons. The third kappa shape index (κ3) is 6.91. The van der Waals surface area contributed by atoms with Crippen LogP contribution in [0.15, 0.2) is 22.5 Å². The molecule has 1 unspecified atom stereocenters. The number of hydrogen-bond donors (Lipinski definition) is 3. The van der Waals surface area contributed by atoms with Gasteiger partial charge >= 0.3 is 0 Å². The fraction of sp³-hybridized carbons (Fsp3) is 0.647. The van der Waals surface area contributed by atoms with Gasteiger partial charge in [0, 0.05) is 45.2 Å². The number of methoxy groups -OCH3 is 1. The topological polar surface area (TPSA) is 87.2 Å². The summed E-state index contributed by atoms with van der Waals surface area (Å²) >= 11 is 1.75. The molecular formula is C17H29N5O3S. The highest BCUT2D eigenvalue weighted by Gasteiger charge is 2.23. The maximum Gasteiger partial charge on any atom is 0.239 e. The van der Waals surface area contributed by atoms with E-state index in [1.807, 2.05) is 0 Å². The molecule has 1 aliphatic rings. The monoisotopic (exact) mass is 383 g/mol. The molecule has 3 N–H and O–H groups in total. The zero-order valence-corrected chi connectivity index (χ0v) is 16.3. The van der Waals surface area contributed by atoms with Gasteiger partial charge in [-0.3, -0.25) is 14.7 Å². The molecular weight excluding hydrogens is 354 g/mol. The summed E-state index contributed by atoms with van der Waals surface area (Å²) in [7, 11) is 3.31. The highest BCUT2D eigenvalue weighted by molar-refractivity contribution is 7.10. The summed E-state index contributed by atoms with van der Waals surface area (Å²) in [6.45, 7) is 5.24. The number of nitrogens with zero attached hydrogens (tertiary/aromatic N) is 2. The van der Waals surface area contributed by atoms with Crippen molar-refractivity contribution in [2.75, 3.05) is 66.7 Å². The van der Waals surface area contributed by atoms with Crippen LogP contribution in [-0.4, -0.2) is 83.5 Å². The summed E-state index contributed by atoms with van der Waals surface area (Å²) in [5, 5.41) is 11.3. The van der Waals surface area contributed by atoms with Gasteiger partial charge in [0.2, 0.25) is 5.91 Å². The first kappa shape index (κ1) is 20.6. The maximum absolute atomic E-state index is 11.8. The van der Waals surface area contributed by atoms with Gasteiger partial charge in [-0.2, -0.15) is 0 Å². The van der Waals surface area contributed by atoms with Crippen LogP contribution in [0.5, 0.6) is 0 Å². The van der Waals surface area contributed by atoms with Crippen molar-refractivity contribution in [1.82, 2.24) is 20.9 Å². The number of carbonyl (C=O) groups excluding carboxylic acids is 1. The summed E-state index contributed by atoms with van der Waals surface area (Å²) in [5.41, 5.74) is 0. The molecule has 2 heterocycles. The normalized spacial score (nSPS) is 16.9. The van der Waals surface area contributed by atoms with Crippen molar-refractivity contribution < 1.29 is 14.3 Å². The largest absolute Gasteiger partial charge is 0.383 e. The number of ether oxygens (including phenoxy) is 2. The second-order valence-corrected chi connectivity index (χ2v) is 6.81. The summed E-state index contributed by atoms with van der Waals surface area (Å²) in [5.74, 6) is 0.523. The van der Waals surface area contributed by atoms with Gasteiger partial charge in [0.15, 0.2) is 5.96 Å². The Hall–Kier alpha value is -1.68. The Labute approximate surface area is 159 Å². The van der Waals surface area contributed by atoms with Crippen molar-refractivity contribution >= 4 is 23.2 Å². The van der Waals surface area contributed by atoms with E-state index in [-0.39, 0.29) is 18.5 Å². The van der Waals surface area contributed by atoms with Crippen LogP contribution in [0, 0.1) is 0 Å². The molecule has 9 heteroatoms. The van der Waals surface area contributed by atoms with E-state index in [0.29, 0.717) is 25.7 Å². The minimum Gasteiger partial charge on any atom is -0.383 e. The van der Waals surface area contributed by atoms with E-state index in [1.54, 1.807) is 25.5 Å². The molecule has 0 saturated carbocycles. The summed E-state index contributed by atoms with van der Waals surface area (Å²) in [4.78, 5) is 19.7. The first-order valence-corrected chi connectivity index (χ1v) is 9.68. The van der Waals surface area contributed by atoms with Gasteiger partial charge in [-0.25, -0.2) is 0 Å². The number of amides is 1. The van der Waals surface area contributed by atoms with Gasteiger partial charge in [0.25, 0.3) is 0 Å². The number of carbonyl (C=O) groups is 1. The molecule has 0 bridgehead atoms. The third-order valence-electron chi connectivity index (χ3n) is 4.09. The lowest BCUT2D eigenvalue weighted by molar-refractivity contribution is -0.120. The van der Waals surface area contributed by atoms with Crippen LogP contribution in [0.4, 0.5) is 0 Å². The number of rotatable bonds is 9. The summed E-state index contributed by atoms with van der Waals surface area (Å²) in [6.07, 6.45) is 0. The quantitative estimate of drug-likeness (QED) is 0.317. The van der Waals surface area contributed by atoms with Crippen LogP contribution < -0.4 is 16.0 Å². The van der Waals surface area contributed by atoms with Gasteiger partial charge in [0.05, 0.1) is 32.4 Å². The second-order valence-electron chi connectivity index (χ2n) is 5.83. The molecule has 0 aliphatic carbocycles. The molecule has 26 heavy (non-hydrogen) atoms. The number of hydrogen-bond acceptors (Lipinski definition) is 6. The minimum atomic E-state index is -0.0898. The number of morpholine rings is 1. The average molecular weight is 384 g/mol. The first-order valence-electron chi connectivity index (χ1n) is 8.80. The Kier molecular flexibility index (Phi) is 9.40. The predicted molar refractivity (Wildman–Crippen MR) is 104 cm³/mol. The Morgan fingerprint density at radius 3 is 2.85 bits per heavy atom. The van der Waals surface area contributed by atoms with Gasteiger partial charge in [-0.1, -0.05) is 6.07 Å². The molecule has 2 rings (SSSR count). The maximum atomic E-state index is 11.8. The molecule has 0 radical (unpaired) electrons. The van der Waals surface area contributed by atoms with Crippen molar-refractivity contribution in [2.24, 2.45) is 4.99 Å². The average Bonchev–Trinajstić information content (AvgIpc) is 3.20. The van der Waals surface area contributed by atoms with Crippen LogP contribution in [-0.2, 0) is 14.3 Å². The number of nitrogens with one attached hydrogen (secondary N) is 3. The van der Waals surface area contributed by atoms with E-state index in [0.717, 1.165) is 26.3 Å². The van der Waals surface area contributed by atoms with E-state index in [1.165, 1.54) is 4.88 Å². The highest BCUT2D eigenvalue weighted by Crippen LogP contribution is 2.25. The number of thiophene rings is 1. The number of aliphatic imine (C=N–C) groups is 1. The predicted octanol–water partition coefficient (Wildman–Crippen LogP) is 0.0490. The minimum absolute atomic E-state index is 0.0898. The Morgan fingerprint density at radius 1 is 1.38 bits per heavy atom. The van der Waals surface area contributed by atoms with Crippen LogP contribution in [0.1, 0.15) is 10.9 Å². The van der Waals surface area contributed by atoms with Crippen molar-refractivity contribution in [3.05, 3.63) is 22.4 Å². The fourth-order valence-corrected chi connectivity index (χ4v) is 3.57. The van der Waals surface area contributed by atoms with Crippen molar-refractivity contribution in [3.8, 4) is 0 Å². The summed E-state index contributed by atoms with van der Waals surface area (Å²) < 4.78 is 10.4.